The van der Waals surface area contributed by atoms with Gasteiger partial charge in [-0.2, -0.15) is 11.8 Å². The van der Waals surface area contributed by atoms with Gasteiger partial charge in [0.1, 0.15) is 16.3 Å². The van der Waals surface area contributed by atoms with Crippen LogP contribution < -0.4 is 0 Å². The van der Waals surface area contributed by atoms with Gasteiger partial charge in [0.2, 0.25) is 0 Å². The number of rotatable bonds is 9. The number of carboxylic acids is 1. The number of amides is 1. The van der Waals surface area contributed by atoms with E-state index in [4.69, 9.17) is 4.98 Å². The summed E-state index contributed by atoms with van der Waals surface area (Å²) in [6.45, 7) is 7.94. The lowest BCUT2D eigenvalue weighted by molar-refractivity contribution is -0.138. The third-order valence-electron chi connectivity index (χ3n) is 5.30. The quantitative estimate of drug-likeness (QED) is 0.423. The van der Waals surface area contributed by atoms with Crippen LogP contribution in [0.15, 0.2) is 35.4 Å². The molecule has 8 heteroatoms. The highest BCUT2D eigenvalue weighted by molar-refractivity contribution is 8.01. The van der Waals surface area contributed by atoms with Crippen LogP contribution in [0.5, 0.6) is 0 Å². The number of aliphatic carboxylic acids is 1. The lowest BCUT2D eigenvalue weighted by atomic mass is 10.2. The Kier molecular flexibility index (Phi) is 8.11. The number of nitrogens with zero attached hydrogens (tertiary/aromatic N) is 3. The molecule has 2 aromatic rings. The number of aromatic nitrogens is 2. The highest BCUT2D eigenvalue weighted by Gasteiger charge is 2.28. The fourth-order valence-electron chi connectivity index (χ4n) is 3.39. The van der Waals surface area contributed by atoms with Crippen LogP contribution in [0.2, 0.25) is 0 Å². The summed E-state index contributed by atoms with van der Waals surface area (Å²) in [6.07, 6.45) is 5.19. The van der Waals surface area contributed by atoms with Gasteiger partial charge in [0.05, 0.1) is 0 Å². The van der Waals surface area contributed by atoms with Crippen LogP contribution in [0.3, 0.4) is 0 Å². The molecule has 0 unspecified atom stereocenters. The van der Waals surface area contributed by atoms with Crippen LogP contribution >= 0.6 is 23.5 Å². The number of carbonyl (C=O) groups is 2. The van der Waals surface area contributed by atoms with Crippen molar-refractivity contribution in [3.8, 4) is 11.4 Å². The molecule has 1 aromatic heterocycles. The maximum Gasteiger partial charge on any atom is 0.319 e. The molecule has 1 aliphatic rings. The molecule has 0 atom stereocenters. The van der Waals surface area contributed by atoms with E-state index in [0.29, 0.717) is 5.69 Å². The average molecular weight is 462 g/mol. The number of hydrogen-bond donors (Lipinski definition) is 1. The van der Waals surface area contributed by atoms with Crippen molar-refractivity contribution in [2.45, 2.75) is 56.2 Å². The minimum atomic E-state index is -0.896. The van der Waals surface area contributed by atoms with E-state index < -0.39 is 10.7 Å². The predicted molar refractivity (Wildman–Crippen MR) is 128 cm³/mol. The van der Waals surface area contributed by atoms with Gasteiger partial charge in [-0.15, -0.1) is 11.8 Å². The van der Waals surface area contributed by atoms with Crippen LogP contribution in [-0.2, 0) is 11.3 Å². The molecule has 0 bridgehead atoms. The molecule has 3 rings (SSSR count). The first kappa shape index (κ1) is 23.7. The molecule has 0 spiro atoms. The van der Waals surface area contributed by atoms with Crippen molar-refractivity contribution in [2.75, 3.05) is 24.6 Å². The molecule has 2 heterocycles. The summed E-state index contributed by atoms with van der Waals surface area (Å²) in [5.41, 5.74) is 1.44. The van der Waals surface area contributed by atoms with E-state index in [2.05, 4.69) is 11.5 Å². The lowest BCUT2D eigenvalue weighted by Crippen LogP contribution is -2.38. The van der Waals surface area contributed by atoms with Crippen LogP contribution in [0.25, 0.3) is 11.4 Å². The van der Waals surface area contributed by atoms with Crippen LogP contribution in [0.1, 0.15) is 50.5 Å². The summed E-state index contributed by atoms with van der Waals surface area (Å²) in [7, 11) is 0. The zero-order valence-corrected chi connectivity index (χ0v) is 20.1. The Morgan fingerprint density at radius 2 is 1.84 bits per heavy atom. The summed E-state index contributed by atoms with van der Waals surface area (Å²) in [5.74, 6) is 1.90. The van der Waals surface area contributed by atoms with E-state index in [-0.39, 0.29) is 5.91 Å². The van der Waals surface area contributed by atoms with Crippen molar-refractivity contribution < 1.29 is 14.7 Å². The molecule has 0 radical (unpaired) electrons. The molecule has 1 amide bonds. The van der Waals surface area contributed by atoms with Gasteiger partial charge in [0.25, 0.3) is 5.91 Å². The van der Waals surface area contributed by atoms with E-state index in [9.17, 15) is 14.7 Å². The summed E-state index contributed by atoms with van der Waals surface area (Å²) in [6, 6.07) is 7.79. The van der Waals surface area contributed by atoms with E-state index in [0.717, 1.165) is 66.7 Å². The molecule has 6 nitrogen and oxygen atoms in total. The van der Waals surface area contributed by atoms with Crippen molar-refractivity contribution in [3.05, 3.63) is 36.2 Å². The number of aryl methyl sites for hydroxylation is 1. The topological polar surface area (TPSA) is 75.4 Å². The van der Waals surface area contributed by atoms with Gasteiger partial charge in [-0.3, -0.25) is 9.59 Å². The van der Waals surface area contributed by atoms with Crippen molar-refractivity contribution in [3.63, 3.8) is 0 Å². The maximum absolute atomic E-state index is 13.0. The SMILES string of the molecule is CCCCCn1cc(C(=O)N2CCSCC2)nc1-c1ccc(SC(C)(C)C(=O)O)cc1. The monoisotopic (exact) mass is 461 g/mol. The second-order valence-corrected chi connectivity index (χ2v) is 11.1. The minimum Gasteiger partial charge on any atom is -0.480 e. The van der Waals surface area contributed by atoms with Gasteiger partial charge in [0.15, 0.2) is 0 Å². The van der Waals surface area contributed by atoms with E-state index in [1.165, 1.54) is 11.8 Å². The Morgan fingerprint density at radius 1 is 1.16 bits per heavy atom. The van der Waals surface area contributed by atoms with Gasteiger partial charge in [0, 0.05) is 47.8 Å². The molecule has 1 aliphatic heterocycles. The molecular weight excluding hydrogens is 430 g/mol. The van der Waals surface area contributed by atoms with Crippen LogP contribution in [-0.4, -0.2) is 60.8 Å². The standard InChI is InChI=1S/C23H31N3O3S2/c1-4-5-6-11-26-16-19(21(27)25-12-14-30-15-13-25)24-20(26)17-7-9-18(10-8-17)31-23(2,3)22(28)29/h7-10,16H,4-6,11-15H2,1-3H3,(H,28,29). The lowest BCUT2D eigenvalue weighted by Gasteiger charge is -2.25. The first-order valence-electron chi connectivity index (χ1n) is 10.8. The second kappa shape index (κ2) is 10.6. The Hall–Kier alpha value is -1.93. The Bertz CT molecular complexity index is 903. The molecule has 1 saturated heterocycles. The first-order chi connectivity index (χ1) is 14.8. The van der Waals surface area contributed by atoms with Gasteiger partial charge >= 0.3 is 5.97 Å². The molecule has 1 aromatic carbocycles. The fraction of sp³-hybridized carbons (Fsp3) is 0.522. The number of thioether (sulfide) groups is 2. The van der Waals surface area contributed by atoms with Gasteiger partial charge < -0.3 is 14.6 Å². The first-order valence-corrected chi connectivity index (χ1v) is 12.8. The molecule has 168 valence electrons. The van der Waals surface area contributed by atoms with Crippen molar-refractivity contribution in [1.29, 1.82) is 0 Å². The fourth-order valence-corrected chi connectivity index (χ4v) is 5.24. The minimum absolute atomic E-state index is 0.00572. The third-order valence-corrected chi connectivity index (χ3v) is 7.43. The van der Waals surface area contributed by atoms with Crippen LogP contribution in [0.4, 0.5) is 0 Å². The van der Waals surface area contributed by atoms with Crippen molar-refractivity contribution in [2.24, 2.45) is 0 Å². The van der Waals surface area contributed by atoms with Crippen molar-refractivity contribution in [1.82, 2.24) is 14.5 Å². The summed E-state index contributed by atoms with van der Waals surface area (Å²) in [5, 5.41) is 9.37. The normalized spacial score (nSPS) is 14.6. The number of hydrogen-bond acceptors (Lipinski definition) is 5. The Labute approximate surface area is 192 Å². The highest BCUT2D eigenvalue weighted by atomic mass is 32.2. The number of carbonyl (C=O) groups excluding carboxylic acids is 1. The van der Waals surface area contributed by atoms with E-state index in [1.807, 2.05) is 47.1 Å². The smallest absolute Gasteiger partial charge is 0.319 e. The molecule has 0 saturated carbocycles. The van der Waals surface area contributed by atoms with Gasteiger partial charge in [-0.25, -0.2) is 4.98 Å². The molecule has 31 heavy (non-hydrogen) atoms. The van der Waals surface area contributed by atoms with Gasteiger partial charge in [-0.1, -0.05) is 31.9 Å². The zero-order valence-electron chi connectivity index (χ0n) is 18.5. The Balaban J connectivity index is 1.84. The zero-order chi connectivity index (χ0) is 22.4. The average Bonchev–Trinajstić information content (AvgIpc) is 3.18. The highest BCUT2D eigenvalue weighted by Crippen LogP contribution is 2.34. The number of imidazole rings is 1. The number of carboxylic acid groups (broad SMARTS) is 1. The van der Waals surface area contributed by atoms with E-state index >= 15 is 0 Å². The molecule has 0 aliphatic carbocycles. The predicted octanol–water partition coefficient (Wildman–Crippen LogP) is 4.88. The summed E-state index contributed by atoms with van der Waals surface area (Å²) >= 11 is 3.20. The van der Waals surface area contributed by atoms with Crippen molar-refractivity contribution >= 4 is 35.4 Å². The summed E-state index contributed by atoms with van der Waals surface area (Å²) in [4.78, 5) is 31.9. The number of benzene rings is 1. The Morgan fingerprint density at radius 3 is 2.45 bits per heavy atom. The second-order valence-electron chi connectivity index (χ2n) is 8.20. The number of unbranched alkanes of at least 4 members (excludes halogenated alkanes) is 2. The third kappa shape index (κ3) is 6.07. The van der Waals surface area contributed by atoms with Crippen LogP contribution in [0, 0.1) is 0 Å². The molecule has 1 fully saturated rings. The summed E-state index contributed by atoms with van der Waals surface area (Å²) < 4.78 is 1.19. The molecular formula is C23H31N3O3S2. The molecule has 1 N–H and O–H groups in total. The maximum atomic E-state index is 13.0. The van der Waals surface area contributed by atoms with E-state index in [1.54, 1.807) is 13.8 Å². The largest absolute Gasteiger partial charge is 0.480 e. The van der Waals surface area contributed by atoms with Gasteiger partial charge in [-0.05, 0) is 32.4 Å².